The highest BCUT2D eigenvalue weighted by Crippen LogP contribution is 2.11. The van der Waals surface area contributed by atoms with Crippen LogP contribution in [0.3, 0.4) is 0 Å². The summed E-state index contributed by atoms with van der Waals surface area (Å²) in [6, 6.07) is 3.44. The van der Waals surface area contributed by atoms with E-state index >= 15 is 0 Å². The fraction of sp³-hybridized carbons (Fsp3) is 0.222. The van der Waals surface area contributed by atoms with Crippen LogP contribution >= 0.6 is 11.8 Å². The summed E-state index contributed by atoms with van der Waals surface area (Å²) in [7, 11) is 0. The van der Waals surface area contributed by atoms with E-state index in [9.17, 15) is 4.79 Å². The van der Waals surface area contributed by atoms with Crippen LogP contribution < -0.4 is 5.56 Å². The van der Waals surface area contributed by atoms with Gasteiger partial charge in [-0.2, -0.15) is 0 Å². The number of aromatic amines is 1. The first-order valence-electron chi connectivity index (χ1n) is 4.29. The molecule has 2 aromatic rings. The van der Waals surface area contributed by atoms with E-state index in [2.05, 4.69) is 15.0 Å². The summed E-state index contributed by atoms with van der Waals surface area (Å²) >= 11 is 1.50. The second kappa shape index (κ2) is 3.79. The molecule has 0 aliphatic rings. The maximum atomic E-state index is 11.5. The van der Waals surface area contributed by atoms with Crippen molar-refractivity contribution in [3.63, 3.8) is 0 Å². The van der Waals surface area contributed by atoms with Crippen molar-refractivity contribution in [3.8, 4) is 0 Å². The summed E-state index contributed by atoms with van der Waals surface area (Å²) in [4.78, 5) is 22.5. The second-order valence-electron chi connectivity index (χ2n) is 2.68. The molecule has 0 unspecified atom stereocenters. The molecular formula is C9H9N3OS. The molecular weight excluding hydrogens is 198 g/mol. The van der Waals surface area contributed by atoms with E-state index in [1.165, 1.54) is 11.8 Å². The lowest BCUT2D eigenvalue weighted by Gasteiger charge is -1.98. The van der Waals surface area contributed by atoms with Crippen LogP contribution in [0.5, 0.6) is 0 Å². The summed E-state index contributed by atoms with van der Waals surface area (Å²) in [6.07, 6.45) is 1.63. The number of aromatic nitrogens is 3. The smallest absolute Gasteiger partial charge is 0.261 e. The standard InChI is InChI=1S/C9H9N3OS/c1-2-14-9-11-7-6(8(13)12-9)4-3-5-10-7/h3-5H,2H2,1H3,(H,10,11,12,13). The van der Waals surface area contributed by atoms with E-state index in [-0.39, 0.29) is 5.56 Å². The van der Waals surface area contributed by atoms with Gasteiger partial charge in [0.05, 0.1) is 5.39 Å². The van der Waals surface area contributed by atoms with Gasteiger partial charge < -0.3 is 4.98 Å². The number of hydrogen-bond donors (Lipinski definition) is 1. The Bertz CT molecular complexity index is 509. The maximum Gasteiger partial charge on any atom is 0.261 e. The molecule has 2 aromatic heterocycles. The van der Waals surface area contributed by atoms with E-state index in [4.69, 9.17) is 0 Å². The van der Waals surface area contributed by atoms with Gasteiger partial charge in [0.15, 0.2) is 10.8 Å². The largest absolute Gasteiger partial charge is 0.301 e. The minimum atomic E-state index is -0.126. The Morgan fingerprint density at radius 3 is 3.21 bits per heavy atom. The van der Waals surface area contributed by atoms with Crippen molar-refractivity contribution in [2.24, 2.45) is 0 Å². The van der Waals surface area contributed by atoms with Crippen molar-refractivity contribution in [2.45, 2.75) is 12.1 Å². The number of fused-ring (bicyclic) bond motifs is 1. The number of pyridine rings is 1. The molecule has 0 aromatic carbocycles. The molecule has 0 fully saturated rings. The van der Waals surface area contributed by atoms with Crippen LogP contribution in [0.4, 0.5) is 0 Å². The van der Waals surface area contributed by atoms with Gasteiger partial charge >= 0.3 is 0 Å². The molecule has 0 saturated carbocycles. The minimum absolute atomic E-state index is 0.126. The van der Waals surface area contributed by atoms with Crippen molar-refractivity contribution < 1.29 is 0 Å². The number of thioether (sulfide) groups is 1. The van der Waals surface area contributed by atoms with Crippen molar-refractivity contribution >= 4 is 22.8 Å². The quantitative estimate of drug-likeness (QED) is 0.598. The molecule has 0 aliphatic carbocycles. The second-order valence-corrected chi connectivity index (χ2v) is 3.93. The van der Waals surface area contributed by atoms with Gasteiger partial charge in [-0.05, 0) is 17.9 Å². The van der Waals surface area contributed by atoms with Gasteiger partial charge in [0.1, 0.15) is 0 Å². The highest BCUT2D eigenvalue weighted by molar-refractivity contribution is 7.99. The number of rotatable bonds is 2. The molecule has 0 saturated heterocycles. The Hall–Kier alpha value is -1.36. The summed E-state index contributed by atoms with van der Waals surface area (Å²) < 4.78 is 0. The molecule has 14 heavy (non-hydrogen) atoms. The predicted molar refractivity (Wildman–Crippen MR) is 56.6 cm³/mol. The zero-order chi connectivity index (χ0) is 9.97. The highest BCUT2D eigenvalue weighted by atomic mass is 32.2. The molecule has 1 N–H and O–H groups in total. The predicted octanol–water partition coefficient (Wildman–Crippen LogP) is 1.43. The zero-order valence-corrected chi connectivity index (χ0v) is 8.47. The van der Waals surface area contributed by atoms with Gasteiger partial charge in [-0.15, -0.1) is 0 Å². The van der Waals surface area contributed by atoms with Gasteiger partial charge in [-0.1, -0.05) is 18.7 Å². The molecule has 0 amide bonds. The monoisotopic (exact) mass is 207 g/mol. The summed E-state index contributed by atoms with van der Waals surface area (Å²) in [5.41, 5.74) is 0.381. The van der Waals surface area contributed by atoms with Crippen LogP contribution in [0, 0.1) is 0 Å². The van der Waals surface area contributed by atoms with Gasteiger partial charge in [0.25, 0.3) is 5.56 Å². The van der Waals surface area contributed by atoms with Crippen molar-refractivity contribution in [1.29, 1.82) is 0 Å². The van der Waals surface area contributed by atoms with Crippen molar-refractivity contribution in [1.82, 2.24) is 15.0 Å². The van der Waals surface area contributed by atoms with E-state index in [1.807, 2.05) is 6.92 Å². The Balaban J connectivity index is 2.66. The lowest BCUT2D eigenvalue weighted by molar-refractivity contribution is 0.962. The maximum absolute atomic E-state index is 11.5. The summed E-state index contributed by atoms with van der Waals surface area (Å²) in [5, 5.41) is 1.16. The highest BCUT2D eigenvalue weighted by Gasteiger charge is 2.02. The Kier molecular flexibility index (Phi) is 2.49. The van der Waals surface area contributed by atoms with Gasteiger partial charge in [0.2, 0.25) is 0 Å². The molecule has 4 nitrogen and oxygen atoms in total. The Labute approximate surface area is 84.8 Å². The van der Waals surface area contributed by atoms with Crippen LogP contribution in [0.25, 0.3) is 11.0 Å². The molecule has 0 aliphatic heterocycles. The number of hydrogen-bond acceptors (Lipinski definition) is 4. The molecule has 2 heterocycles. The minimum Gasteiger partial charge on any atom is -0.301 e. The molecule has 5 heteroatoms. The van der Waals surface area contributed by atoms with Crippen LogP contribution in [0.1, 0.15) is 6.92 Å². The first kappa shape index (κ1) is 9.21. The molecule has 0 radical (unpaired) electrons. The normalized spacial score (nSPS) is 10.6. The Morgan fingerprint density at radius 2 is 2.43 bits per heavy atom. The molecule has 0 bridgehead atoms. The van der Waals surface area contributed by atoms with Gasteiger partial charge in [-0.3, -0.25) is 4.79 Å². The average molecular weight is 207 g/mol. The number of nitrogens with zero attached hydrogens (tertiary/aromatic N) is 2. The van der Waals surface area contributed by atoms with Gasteiger partial charge in [-0.25, -0.2) is 9.97 Å². The first-order valence-corrected chi connectivity index (χ1v) is 5.27. The zero-order valence-electron chi connectivity index (χ0n) is 7.65. The fourth-order valence-electron chi connectivity index (χ4n) is 1.16. The third kappa shape index (κ3) is 1.63. The molecule has 0 spiro atoms. The van der Waals surface area contributed by atoms with Crippen LogP contribution in [-0.2, 0) is 0 Å². The van der Waals surface area contributed by atoms with E-state index in [0.29, 0.717) is 16.2 Å². The lowest BCUT2D eigenvalue weighted by Crippen LogP contribution is -2.09. The lowest BCUT2D eigenvalue weighted by atomic mass is 10.3. The van der Waals surface area contributed by atoms with Crippen LogP contribution in [-0.4, -0.2) is 20.7 Å². The SMILES string of the molecule is CCSc1nc2ncccc2c(=O)[nH]1. The van der Waals surface area contributed by atoms with Gasteiger partial charge in [0, 0.05) is 6.20 Å². The first-order chi connectivity index (χ1) is 6.81. The van der Waals surface area contributed by atoms with E-state index in [0.717, 1.165) is 5.75 Å². The summed E-state index contributed by atoms with van der Waals surface area (Å²) in [5.74, 6) is 0.876. The Morgan fingerprint density at radius 1 is 1.57 bits per heavy atom. The van der Waals surface area contributed by atoms with Crippen molar-refractivity contribution in [2.75, 3.05) is 5.75 Å². The topological polar surface area (TPSA) is 58.6 Å². The number of H-pyrrole nitrogens is 1. The van der Waals surface area contributed by atoms with E-state index < -0.39 is 0 Å². The molecule has 72 valence electrons. The van der Waals surface area contributed by atoms with Crippen molar-refractivity contribution in [3.05, 3.63) is 28.7 Å². The van der Waals surface area contributed by atoms with E-state index in [1.54, 1.807) is 18.3 Å². The third-order valence-corrected chi connectivity index (χ3v) is 2.50. The van der Waals surface area contributed by atoms with Crippen LogP contribution in [0.2, 0.25) is 0 Å². The fourth-order valence-corrected chi connectivity index (χ4v) is 1.75. The van der Waals surface area contributed by atoms with Crippen LogP contribution in [0.15, 0.2) is 28.3 Å². The third-order valence-electron chi connectivity index (χ3n) is 1.74. The summed E-state index contributed by atoms with van der Waals surface area (Å²) in [6.45, 7) is 2.01. The molecule has 0 atom stereocenters. The number of nitrogens with one attached hydrogen (secondary N) is 1. The average Bonchev–Trinajstić information content (AvgIpc) is 2.18. The molecule has 2 rings (SSSR count).